The number of para-hydroxylation sites is 1. The van der Waals surface area contributed by atoms with Crippen LogP contribution in [0.4, 0.5) is 11.6 Å². The van der Waals surface area contributed by atoms with E-state index in [1.54, 1.807) is 36.1 Å². The van der Waals surface area contributed by atoms with Gasteiger partial charge in [0.1, 0.15) is 0 Å². The summed E-state index contributed by atoms with van der Waals surface area (Å²) in [6, 6.07) is 14.5. The number of anilines is 2. The van der Waals surface area contributed by atoms with Crippen molar-refractivity contribution in [2.45, 2.75) is 11.8 Å². The maximum Gasteiger partial charge on any atom is 0.238 e. The first-order valence-electron chi connectivity index (χ1n) is 8.08. The minimum atomic E-state index is -3.81. The Bertz CT molecular complexity index is 1240. The Morgan fingerprint density at radius 3 is 2.59 bits per heavy atom. The lowest BCUT2D eigenvalue weighted by Gasteiger charge is -2.09. The van der Waals surface area contributed by atoms with Gasteiger partial charge in [0.15, 0.2) is 5.65 Å². The number of aryl methyl sites for hydroxylation is 1. The Morgan fingerprint density at radius 1 is 1.07 bits per heavy atom. The fourth-order valence-corrected chi connectivity index (χ4v) is 3.56. The van der Waals surface area contributed by atoms with Crippen molar-refractivity contribution in [2.75, 3.05) is 5.32 Å². The quantitative estimate of drug-likeness (QED) is 0.562. The summed E-state index contributed by atoms with van der Waals surface area (Å²) in [6.07, 6.45) is 3.35. The summed E-state index contributed by atoms with van der Waals surface area (Å²) in [4.78, 5) is 8.84. The van der Waals surface area contributed by atoms with Crippen LogP contribution in [-0.2, 0) is 10.0 Å². The highest BCUT2D eigenvalue weighted by Gasteiger charge is 2.13. The smallest absolute Gasteiger partial charge is 0.238 e. The Kier molecular flexibility index (Phi) is 4.09. The fraction of sp³-hybridized carbons (Fsp3) is 0.0556. The summed E-state index contributed by atoms with van der Waals surface area (Å²) < 4.78 is 25.1. The maximum absolute atomic E-state index is 11.7. The third kappa shape index (κ3) is 3.37. The third-order valence-corrected chi connectivity index (χ3v) is 5.11. The van der Waals surface area contributed by atoms with E-state index in [0.29, 0.717) is 22.8 Å². The molecule has 2 aromatic carbocycles. The van der Waals surface area contributed by atoms with E-state index in [1.807, 2.05) is 30.3 Å². The number of rotatable bonds is 4. The number of sulfonamides is 1. The first-order valence-corrected chi connectivity index (χ1v) is 9.63. The van der Waals surface area contributed by atoms with Crippen molar-refractivity contribution in [3.05, 3.63) is 66.5 Å². The molecule has 3 N–H and O–H groups in total. The van der Waals surface area contributed by atoms with Gasteiger partial charge in [0, 0.05) is 11.9 Å². The number of nitrogens with two attached hydrogens (primary N) is 1. The predicted octanol–water partition coefficient (Wildman–Crippen LogP) is 2.51. The van der Waals surface area contributed by atoms with Gasteiger partial charge in [0.2, 0.25) is 16.0 Å². The number of nitrogens with one attached hydrogen (secondary N) is 1. The zero-order valence-corrected chi connectivity index (χ0v) is 15.2. The average molecular weight is 380 g/mol. The lowest BCUT2D eigenvalue weighted by molar-refractivity contribution is 0.597. The molecule has 0 aliphatic carbocycles. The summed E-state index contributed by atoms with van der Waals surface area (Å²) in [6.45, 7) is 1.69. The second-order valence-electron chi connectivity index (χ2n) is 6.01. The van der Waals surface area contributed by atoms with Gasteiger partial charge >= 0.3 is 0 Å². The van der Waals surface area contributed by atoms with E-state index in [1.165, 1.54) is 6.07 Å². The maximum atomic E-state index is 11.7. The molecule has 136 valence electrons. The monoisotopic (exact) mass is 380 g/mol. The van der Waals surface area contributed by atoms with Crippen LogP contribution in [0.25, 0.3) is 16.7 Å². The van der Waals surface area contributed by atoms with E-state index in [9.17, 15) is 8.42 Å². The van der Waals surface area contributed by atoms with Gasteiger partial charge in [-0.25, -0.2) is 23.2 Å². The van der Waals surface area contributed by atoms with E-state index in [0.717, 1.165) is 11.1 Å². The number of benzene rings is 2. The molecule has 0 amide bonds. The third-order valence-electron chi connectivity index (χ3n) is 4.06. The van der Waals surface area contributed by atoms with E-state index in [4.69, 9.17) is 5.14 Å². The van der Waals surface area contributed by atoms with Gasteiger partial charge in [-0.05, 0) is 36.8 Å². The average Bonchev–Trinajstić information content (AvgIpc) is 3.06. The molecule has 0 fully saturated rings. The minimum Gasteiger partial charge on any atom is -0.324 e. The molecule has 0 saturated heterocycles. The number of hydrogen-bond acceptors (Lipinski definition) is 6. The second kappa shape index (κ2) is 6.45. The van der Waals surface area contributed by atoms with Gasteiger partial charge in [0.25, 0.3) is 0 Å². The summed E-state index contributed by atoms with van der Waals surface area (Å²) in [5.41, 5.74) is 2.61. The topological polar surface area (TPSA) is 116 Å². The van der Waals surface area contributed by atoms with Gasteiger partial charge in [-0.15, -0.1) is 0 Å². The molecule has 4 rings (SSSR count). The summed E-state index contributed by atoms with van der Waals surface area (Å²) in [5.74, 6) is 0.324. The van der Waals surface area contributed by atoms with Gasteiger partial charge in [-0.1, -0.05) is 24.3 Å². The number of nitrogens with zero attached hydrogens (tertiary/aromatic N) is 4. The number of aromatic nitrogens is 4. The predicted molar refractivity (Wildman–Crippen MR) is 102 cm³/mol. The SMILES string of the molecule is Cc1ccc(Nc2ncc3cnn(-c4ccccc4)c3n2)cc1S(N)(=O)=O. The molecule has 0 aliphatic heterocycles. The summed E-state index contributed by atoms with van der Waals surface area (Å²) in [5, 5.41) is 13.4. The molecule has 0 radical (unpaired) electrons. The van der Waals surface area contributed by atoms with Crippen LogP contribution in [-0.4, -0.2) is 28.2 Å². The molecule has 0 saturated carbocycles. The Balaban J connectivity index is 1.73. The molecular formula is C18H16N6O2S. The number of fused-ring (bicyclic) bond motifs is 1. The van der Waals surface area contributed by atoms with Gasteiger partial charge in [-0.2, -0.15) is 10.1 Å². The first kappa shape index (κ1) is 17.1. The van der Waals surface area contributed by atoms with Crippen LogP contribution in [0.15, 0.2) is 65.8 Å². The molecule has 0 aliphatic rings. The number of primary sulfonamides is 1. The van der Waals surface area contributed by atoms with Crippen LogP contribution in [0.5, 0.6) is 0 Å². The molecule has 0 unspecified atom stereocenters. The van der Waals surface area contributed by atoms with Crippen molar-refractivity contribution in [2.24, 2.45) is 5.14 Å². The highest BCUT2D eigenvalue weighted by Crippen LogP contribution is 2.22. The van der Waals surface area contributed by atoms with Crippen molar-refractivity contribution < 1.29 is 8.42 Å². The van der Waals surface area contributed by atoms with Gasteiger partial charge in [-0.3, -0.25) is 0 Å². The van der Waals surface area contributed by atoms with Crippen molar-refractivity contribution >= 4 is 32.7 Å². The lowest BCUT2D eigenvalue weighted by atomic mass is 10.2. The highest BCUT2D eigenvalue weighted by molar-refractivity contribution is 7.89. The molecule has 9 heteroatoms. The molecule has 4 aromatic rings. The largest absolute Gasteiger partial charge is 0.324 e. The van der Waals surface area contributed by atoms with Crippen LogP contribution in [0.2, 0.25) is 0 Å². The van der Waals surface area contributed by atoms with Gasteiger partial charge in [0.05, 0.1) is 22.2 Å². The summed E-state index contributed by atoms with van der Waals surface area (Å²) >= 11 is 0. The Labute approximate surface area is 155 Å². The normalized spacial score (nSPS) is 11.6. The zero-order chi connectivity index (χ0) is 19.0. The van der Waals surface area contributed by atoms with E-state index < -0.39 is 10.0 Å². The minimum absolute atomic E-state index is 0.0582. The fourth-order valence-electron chi connectivity index (χ4n) is 2.75. The zero-order valence-electron chi connectivity index (χ0n) is 14.4. The molecule has 8 nitrogen and oxygen atoms in total. The van der Waals surface area contributed by atoms with E-state index >= 15 is 0 Å². The molecule has 0 bridgehead atoms. The van der Waals surface area contributed by atoms with Crippen molar-refractivity contribution in [1.82, 2.24) is 19.7 Å². The van der Waals surface area contributed by atoms with E-state index in [2.05, 4.69) is 20.4 Å². The van der Waals surface area contributed by atoms with Crippen LogP contribution in [0.3, 0.4) is 0 Å². The second-order valence-corrected chi connectivity index (χ2v) is 7.54. The Hall–Kier alpha value is -3.30. The van der Waals surface area contributed by atoms with Crippen molar-refractivity contribution in [3.8, 4) is 5.69 Å². The highest BCUT2D eigenvalue weighted by atomic mass is 32.2. The van der Waals surface area contributed by atoms with Crippen molar-refractivity contribution in [1.29, 1.82) is 0 Å². The molecular weight excluding hydrogens is 364 g/mol. The van der Waals surface area contributed by atoms with Crippen molar-refractivity contribution in [3.63, 3.8) is 0 Å². The standard InChI is InChI=1S/C18H16N6O2S/c1-12-7-8-14(9-16(12)27(19,25)26)22-18-20-10-13-11-21-24(17(13)23-18)15-5-3-2-4-6-15/h2-11H,1H3,(H2,19,25,26)(H,20,22,23). The number of hydrogen-bond donors (Lipinski definition) is 2. The first-order chi connectivity index (χ1) is 12.9. The van der Waals surface area contributed by atoms with Gasteiger partial charge < -0.3 is 5.32 Å². The molecule has 0 atom stereocenters. The molecule has 27 heavy (non-hydrogen) atoms. The van der Waals surface area contributed by atoms with Crippen LogP contribution < -0.4 is 10.5 Å². The lowest BCUT2D eigenvalue weighted by Crippen LogP contribution is -2.14. The van der Waals surface area contributed by atoms with E-state index in [-0.39, 0.29) is 4.90 Å². The van der Waals surface area contributed by atoms with Crippen LogP contribution >= 0.6 is 0 Å². The Morgan fingerprint density at radius 2 is 1.85 bits per heavy atom. The summed E-state index contributed by atoms with van der Waals surface area (Å²) in [7, 11) is -3.81. The van der Waals surface area contributed by atoms with Crippen LogP contribution in [0, 0.1) is 6.92 Å². The molecule has 2 heterocycles. The molecule has 2 aromatic heterocycles. The van der Waals surface area contributed by atoms with Crippen LogP contribution in [0.1, 0.15) is 5.56 Å². The molecule has 0 spiro atoms.